The van der Waals surface area contributed by atoms with Gasteiger partial charge in [-0.2, -0.15) is 5.26 Å². The Balaban J connectivity index is 1.56. The second-order valence-corrected chi connectivity index (χ2v) is 7.36. The topological polar surface area (TPSA) is 57.0 Å². The number of hydrogen-bond acceptors (Lipinski definition) is 4. The van der Waals surface area contributed by atoms with E-state index in [9.17, 15) is 4.79 Å². The number of rotatable bonds is 2. The lowest BCUT2D eigenvalue weighted by atomic mass is 9.98. The van der Waals surface area contributed by atoms with Crippen molar-refractivity contribution in [1.82, 2.24) is 9.88 Å². The number of thiazole rings is 1. The van der Waals surface area contributed by atoms with E-state index in [1.165, 1.54) is 4.70 Å². The first kappa shape index (κ1) is 15.8. The largest absolute Gasteiger partial charge is 0.338 e. The highest BCUT2D eigenvalue weighted by Gasteiger charge is 2.27. The SMILES string of the molecule is N#Cc1cccc(C(=O)N2CCC[C@@H](c3nc4ccccc4s3)C2)c1. The maximum atomic E-state index is 12.8. The standard InChI is InChI=1S/C20H17N3OS/c21-12-14-5-3-6-15(11-14)20(24)23-10-4-7-16(13-23)19-22-17-8-1-2-9-18(17)25-19/h1-3,5-6,8-9,11,16H,4,7,10,13H2/t16-/m1/s1. The molecular weight excluding hydrogens is 330 g/mol. The molecule has 124 valence electrons. The number of nitrogens with zero attached hydrogens (tertiary/aromatic N) is 3. The number of aromatic nitrogens is 1. The minimum absolute atomic E-state index is 0.00270. The Morgan fingerprint density at radius 3 is 2.96 bits per heavy atom. The van der Waals surface area contributed by atoms with Crippen molar-refractivity contribution in [2.45, 2.75) is 18.8 Å². The van der Waals surface area contributed by atoms with E-state index in [4.69, 9.17) is 10.2 Å². The predicted molar refractivity (Wildman–Crippen MR) is 98.7 cm³/mol. The summed E-state index contributed by atoms with van der Waals surface area (Å²) < 4.78 is 1.20. The fraction of sp³-hybridized carbons (Fsp3) is 0.250. The summed E-state index contributed by atoms with van der Waals surface area (Å²) in [7, 11) is 0. The van der Waals surface area contributed by atoms with E-state index in [2.05, 4.69) is 12.1 Å². The van der Waals surface area contributed by atoms with Crippen LogP contribution in [0.25, 0.3) is 10.2 Å². The van der Waals surface area contributed by atoms with Gasteiger partial charge in [0.05, 0.1) is 26.9 Å². The first-order chi connectivity index (χ1) is 12.2. The summed E-state index contributed by atoms with van der Waals surface area (Å²) in [4.78, 5) is 19.5. The number of benzene rings is 2. The van der Waals surface area contributed by atoms with Crippen LogP contribution in [0.5, 0.6) is 0 Å². The molecule has 4 rings (SSSR count). The maximum Gasteiger partial charge on any atom is 0.253 e. The molecule has 0 N–H and O–H groups in total. The molecule has 1 aliphatic rings. The molecule has 0 saturated carbocycles. The number of carbonyl (C=O) groups is 1. The van der Waals surface area contributed by atoms with Crippen LogP contribution in [0.4, 0.5) is 0 Å². The van der Waals surface area contributed by atoms with Crippen LogP contribution < -0.4 is 0 Å². The zero-order valence-corrected chi connectivity index (χ0v) is 14.5. The van der Waals surface area contributed by atoms with Crippen molar-refractivity contribution < 1.29 is 4.79 Å². The van der Waals surface area contributed by atoms with E-state index in [-0.39, 0.29) is 11.8 Å². The summed E-state index contributed by atoms with van der Waals surface area (Å²) >= 11 is 1.73. The third-order valence-electron chi connectivity index (χ3n) is 4.61. The molecule has 1 aromatic heterocycles. The molecule has 0 unspecified atom stereocenters. The van der Waals surface area contributed by atoms with Gasteiger partial charge in [0, 0.05) is 24.6 Å². The molecule has 2 aromatic carbocycles. The van der Waals surface area contributed by atoms with Gasteiger partial charge in [-0.05, 0) is 43.2 Å². The van der Waals surface area contributed by atoms with Crippen LogP contribution in [-0.2, 0) is 0 Å². The van der Waals surface area contributed by atoms with Crippen molar-refractivity contribution in [1.29, 1.82) is 5.26 Å². The normalized spacial score (nSPS) is 17.4. The van der Waals surface area contributed by atoms with Gasteiger partial charge in [-0.3, -0.25) is 4.79 Å². The van der Waals surface area contributed by atoms with Gasteiger partial charge in [0.2, 0.25) is 0 Å². The van der Waals surface area contributed by atoms with Gasteiger partial charge in [0.25, 0.3) is 5.91 Å². The Morgan fingerprint density at radius 1 is 1.24 bits per heavy atom. The fourth-order valence-electron chi connectivity index (χ4n) is 3.33. The van der Waals surface area contributed by atoms with Gasteiger partial charge in [0.1, 0.15) is 0 Å². The van der Waals surface area contributed by atoms with Crippen LogP contribution in [0.2, 0.25) is 0 Å². The third-order valence-corrected chi connectivity index (χ3v) is 5.81. The maximum absolute atomic E-state index is 12.8. The molecule has 4 nitrogen and oxygen atoms in total. The Labute approximate surface area is 150 Å². The lowest BCUT2D eigenvalue weighted by molar-refractivity contribution is 0.0707. The summed E-state index contributed by atoms with van der Waals surface area (Å²) in [5, 5.41) is 10.1. The average Bonchev–Trinajstić information content (AvgIpc) is 3.12. The molecule has 0 radical (unpaired) electrons. The van der Waals surface area contributed by atoms with Crippen molar-refractivity contribution in [3.05, 3.63) is 64.7 Å². The highest BCUT2D eigenvalue weighted by Crippen LogP contribution is 2.33. The Kier molecular flexibility index (Phi) is 4.21. The summed E-state index contributed by atoms with van der Waals surface area (Å²) in [6.45, 7) is 1.45. The van der Waals surface area contributed by atoms with E-state index in [1.807, 2.05) is 23.1 Å². The van der Waals surface area contributed by atoms with Crippen LogP contribution in [0, 0.1) is 11.3 Å². The zero-order valence-electron chi connectivity index (χ0n) is 13.7. The number of hydrogen-bond donors (Lipinski definition) is 0. The summed E-state index contributed by atoms with van der Waals surface area (Å²) in [5.41, 5.74) is 2.14. The molecule has 1 aliphatic heterocycles. The first-order valence-corrected chi connectivity index (χ1v) is 9.21. The molecule has 0 spiro atoms. The minimum Gasteiger partial charge on any atom is -0.338 e. The lowest BCUT2D eigenvalue weighted by Gasteiger charge is -2.32. The average molecular weight is 347 g/mol. The summed E-state index contributed by atoms with van der Waals surface area (Å²) in [6, 6.07) is 17.2. The molecule has 5 heteroatoms. The van der Waals surface area contributed by atoms with Gasteiger partial charge in [-0.1, -0.05) is 18.2 Å². The Morgan fingerprint density at radius 2 is 2.12 bits per heavy atom. The monoisotopic (exact) mass is 347 g/mol. The van der Waals surface area contributed by atoms with E-state index in [0.29, 0.717) is 17.7 Å². The second kappa shape index (κ2) is 6.66. The second-order valence-electron chi connectivity index (χ2n) is 6.30. The van der Waals surface area contributed by atoms with Crippen molar-refractivity contribution in [2.24, 2.45) is 0 Å². The number of fused-ring (bicyclic) bond motifs is 1. The summed E-state index contributed by atoms with van der Waals surface area (Å²) in [5.74, 6) is 0.289. The van der Waals surface area contributed by atoms with Gasteiger partial charge in [-0.25, -0.2) is 4.98 Å². The van der Waals surface area contributed by atoms with Crippen molar-refractivity contribution in [3.63, 3.8) is 0 Å². The summed E-state index contributed by atoms with van der Waals surface area (Å²) in [6.07, 6.45) is 2.03. The van der Waals surface area contributed by atoms with Crippen LogP contribution in [0.3, 0.4) is 0 Å². The molecule has 0 bridgehead atoms. The Hall–Kier alpha value is -2.71. The van der Waals surface area contributed by atoms with E-state index in [1.54, 1.807) is 35.6 Å². The molecule has 1 fully saturated rings. The number of amides is 1. The number of piperidine rings is 1. The van der Waals surface area contributed by atoms with Crippen LogP contribution in [0.1, 0.15) is 39.7 Å². The molecule has 3 aromatic rings. The van der Waals surface area contributed by atoms with Gasteiger partial charge < -0.3 is 4.90 Å². The van der Waals surface area contributed by atoms with E-state index < -0.39 is 0 Å². The number of para-hydroxylation sites is 1. The number of carbonyl (C=O) groups excluding carboxylic acids is 1. The number of nitriles is 1. The Bertz CT molecular complexity index is 939. The predicted octanol–water partition coefficient (Wildman–Crippen LogP) is 4.19. The van der Waals surface area contributed by atoms with Crippen molar-refractivity contribution in [3.8, 4) is 6.07 Å². The molecule has 25 heavy (non-hydrogen) atoms. The molecule has 0 aliphatic carbocycles. The lowest BCUT2D eigenvalue weighted by Crippen LogP contribution is -2.39. The quantitative estimate of drug-likeness (QED) is 0.698. The smallest absolute Gasteiger partial charge is 0.253 e. The molecule has 1 atom stereocenters. The molecular formula is C20H17N3OS. The molecule has 1 amide bonds. The van der Waals surface area contributed by atoms with E-state index >= 15 is 0 Å². The zero-order chi connectivity index (χ0) is 17.2. The van der Waals surface area contributed by atoms with Crippen LogP contribution in [-0.4, -0.2) is 28.9 Å². The van der Waals surface area contributed by atoms with Crippen molar-refractivity contribution >= 4 is 27.5 Å². The highest BCUT2D eigenvalue weighted by molar-refractivity contribution is 7.18. The van der Waals surface area contributed by atoms with Gasteiger partial charge in [-0.15, -0.1) is 11.3 Å². The molecule has 2 heterocycles. The van der Waals surface area contributed by atoms with Crippen LogP contribution >= 0.6 is 11.3 Å². The van der Waals surface area contributed by atoms with E-state index in [0.717, 1.165) is 29.9 Å². The minimum atomic E-state index is 0.00270. The van der Waals surface area contributed by atoms with Crippen LogP contribution in [0.15, 0.2) is 48.5 Å². The molecule has 1 saturated heterocycles. The fourth-order valence-corrected chi connectivity index (χ4v) is 4.43. The number of likely N-dealkylation sites (tertiary alicyclic amines) is 1. The highest BCUT2D eigenvalue weighted by atomic mass is 32.1. The third kappa shape index (κ3) is 3.13. The van der Waals surface area contributed by atoms with Gasteiger partial charge >= 0.3 is 0 Å². The van der Waals surface area contributed by atoms with Gasteiger partial charge in [0.15, 0.2) is 0 Å². The first-order valence-electron chi connectivity index (χ1n) is 8.39. The van der Waals surface area contributed by atoms with Crippen molar-refractivity contribution in [2.75, 3.05) is 13.1 Å².